The Morgan fingerprint density at radius 3 is 2.79 bits per heavy atom. The normalized spacial score (nSPS) is 15.7. The Hall–Kier alpha value is -1.66. The molecule has 0 saturated heterocycles. The van der Waals surface area contributed by atoms with Gasteiger partial charge in [-0.05, 0) is 37.8 Å². The van der Waals surface area contributed by atoms with Gasteiger partial charge in [0.1, 0.15) is 5.75 Å². The van der Waals surface area contributed by atoms with E-state index in [9.17, 15) is 0 Å². The highest BCUT2D eigenvalue weighted by molar-refractivity contribution is 5.61. The van der Waals surface area contributed by atoms with Crippen LogP contribution in [-0.4, -0.2) is 20.2 Å². The first-order valence-corrected chi connectivity index (χ1v) is 6.78. The molecule has 0 amide bonds. The summed E-state index contributed by atoms with van der Waals surface area (Å²) in [6.45, 7) is 3.60. The summed E-state index contributed by atoms with van der Waals surface area (Å²) in [6, 6.07) is 5.95. The molecule has 0 unspecified atom stereocenters. The van der Waals surface area contributed by atoms with Crippen molar-refractivity contribution in [2.45, 2.75) is 25.8 Å². The van der Waals surface area contributed by atoms with Crippen molar-refractivity contribution in [3.8, 4) is 18.1 Å². The fraction of sp³-hybridized carbons (Fsp3) is 0.500. The van der Waals surface area contributed by atoms with Crippen molar-refractivity contribution in [3.05, 3.63) is 23.8 Å². The topological polar surface area (TPSA) is 38.5 Å². The molecule has 0 radical (unpaired) electrons. The molecule has 0 bridgehead atoms. The largest absolute Gasteiger partial charge is 0.496 e. The third-order valence-electron chi connectivity index (χ3n) is 3.52. The maximum Gasteiger partial charge on any atom is 0.125 e. The van der Waals surface area contributed by atoms with E-state index < -0.39 is 0 Å². The van der Waals surface area contributed by atoms with Crippen molar-refractivity contribution in [2.75, 3.05) is 25.1 Å². The predicted molar refractivity (Wildman–Crippen MR) is 79.4 cm³/mol. The van der Waals surface area contributed by atoms with Crippen molar-refractivity contribution >= 4 is 5.69 Å². The number of nitrogens with zero attached hydrogens (tertiary/aromatic N) is 1. The third kappa shape index (κ3) is 3.21. The van der Waals surface area contributed by atoms with Crippen LogP contribution in [0.1, 0.15) is 31.4 Å². The molecule has 2 rings (SSSR count). The van der Waals surface area contributed by atoms with Crippen molar-refractivity contribution in [1.29, 1.82) is 0 Å². The lowest BCUT2D eigenvalue weighted by Crippen LogP contribution is -2.28. The van der Waals surface area contributed by atoms with Crippen LogP contribution in [0.5, 0.6) is 5.75 Å². The minimum Gasteiger partial charge on any atom is -0.496 e. The smallest absolute Gasteiger partial charge is 0.125 e. The number of methoxy groups -OCH3 is 1. The van der Waals surface area contributed by atoms with Gasteiger partial charge in [0, 0.05) is 23.8 Å². The van der Waals surface area contributed by atoms with Crippen molar-refractivity contribution in [1.82, 2.24) is 0 Å². The molecule has 0 spiro atoms. The number of terminal acetylenes is 1. The van der Waals surface area contributed by atoms with Gasteiger partial charge < -0.3 is 15.4 Å². The number of rotatable bonds is 6. The van der Waals surface area contributed by atoms with E-state index >= 15 is 0 Å². The highest BCUT2D eigenvalue weighted by atomic mass is 16.5. The van der Waals surface area contributed by atoms with Crippen LogP contribution >= 0.6 is 0 Å². The second kappa shape index (κ2) is 5.99. The van der Waals surface area contributed by atoms with Crippen molar-refractivity contribution < 1.29 is 4.74 Å². The maximum absolute atomic E-state index is 6.11. The summed E-state index contributed by atoms with van der Waals surface area (Å²) in [5, 5.41) is 0. The lowest BCUT2D eigenvalue weighted by atomic mass is 10.0. The van der Waals surface area contributed by atoms with Gasteiger partial charge in [0.25, 0.3) is 0 Å². The molecule has 19 heavy (non-hydrogen) atoms. The Kier molecular flexibility index (Phi) is 4.34. The summed E-state index contributed by atoms with van der Waals surface area (Å²) in [5.41, 5.74) is 8.27. The van der Waals surface area contributed by atoms with Gasteiger partial charge >= 0.3 is 0 Å². The molecule has 1 aromatic rings. The molecule has 1 aromatic carbocycles. The fourth-order valence-electron chi connectivity index (χ4n) is 2.41. The molecule has 1 aliphatic rings. The van der Waals surface area contributed by atoms with Gasteiger partial charge in [0.2, 0.25) is 0 Å². The number of hydrogen-bond donors (Lipinski definition) is 1. The summed E-state index contributed by atoms with van der Waals surface area (Å²) in [5.74, 6) is 4.36. The SMILES string of the molecule is C#CCN(CC1CC1)c1cccc(OC)c1[C@H](C)N. The van der Waals surface area contributed by atoms with E-state index in [1.807, 2.05) is 19.1 Å². The molecule has 1 saturated carbocycles. The summed E-state index contributed by atoms with van der Waals surface area (Å²) in [6.07, 6.45) is 8.11. The average molecular weight is 258 g/mol. The van der Waals surface area contributed by atoms with Crippen LogP contribution in [0, 0.1) is 18.3 Å². The number of hydrogen-bond acceptors (Lipinski definition) is 3. The van der Waals surface area contributed by atoms with Crippen LogP contribution in [0.15, 0.2) is 18.2 Å². The third-order valence-corrected chi connectivity index (χ3v) is 3.52. The number of nitrogens with two attached hydrogens (primary N) is 1. The lowest BCUT2D eigenvalue weighted by molar-refractivity contribution is 0.407. The zero-order chi connectivity index (χ0) is 13.8. The first kappa shape index (κ1) is 13.8. The second-order valence-electron chi connectivity index (χ2n) is 5.21. The van der Waals surface area contributed by atoms with E-state index in [1.54, 1.807) is 7.11 Å². The van der Waals surface area contributed by atoms with Crippen LogP contribution in [0.4, 0.5) is 5.69 Å². The summed E-state index contributed by atoms with van der Waals surface area (Å²) in [7, 11) is 1.68. The first-order valence-electron chi connectivity index (χ1n) is 6.78. The molecule has 3 heteroatoms. The number of benzene rings is 1. The molecule has 0 aromatic heterocycles. The molecule has 2 N–H and O–H groups in total. The van der Waals surface area contributed by atoms with Crippen LogP contribution in [0.3, 0.4) is 0 Å². The van der Waals surface area contributed by atoms with Gasteiger partial charge in [-0.15, -0.1) is 6.42 Å². The van der Waals surface area contributed by atoms with E-state index in [-0.39, 0.29) is 6.04 Å². The van der Waals surface area contributed by atoms with E-state index in [1.165, 1.54) is 12.8 Å². The van der Waals surface area contributed by atoms with Crippen LogP contribution in [0.2, 0.25) is 0 Å². The molecule has 1 aliphatic carbocycles. The molecular weight excluding hydrogens is 236 g/mol. The Bertz CT molecular complexity index is 472. The Balaban J connectivity index is 2.36. The summed E-state index contributed by atoms with van der Waals surface area (Å²) in [4.78, 5) is 2.25. The number of anilines is 1. The molecule has 3 nitrogen and oxygen atoms in total. The van der Waals surface area contributed by atoms with Gasteiger partial charge in [0.05, 0.1) is 13.7 Å². The van der Waals surface area contributed by atoms with Crippen LogP contribution < -0.4 is 15.4 Å². The Labute approximate surface area is 115 Å². The fourth-order valence-corrected chi connectivity index (χ4v) is 2.41. The van der Waals surface area contributed by atoms with Gasteiger partial charge in [-0.2, -0.15) is 0 Å². The van der Waals surface area contributed by atoms with E-state index in [0.29, 0.717) is 6.54 Å². The summed E-state index contributed by atoms with van der Waals surface area (Å²) < 4.78 is 5.44. The Morgan fingerprint density at radius 2 is 2.26 bits per heavy atom. The number of ether oxygens (including phenoxy) is 1. The first-order chi connectivity index (χ1) is 9.17. The zero-order valence-electron chi connectivity index (χ0n) is 11.7. The average Bonchev–Trinajstić information content (AvgIpc) is 3.21. The van der Waals surface area contributed by atoms with Gasteiger partial charge in [-0.1, -0.05) is 12.0 Å². The van der Waals surface area contributed by atoms with Crippen LogP contribution in [0.25, 0.3) is 0 Å². The molecule has 1 fully saturated rings. The van der Waals surface area contributed by atoms with Gasteiger partial charge in [0.15, 0.2) is 0 Å². The quantitative estimate of drug-likeness (QED) is 0.797. The van der Waals surface area contributed by atoms with Crippen molar-refractivity contribution in [2.24, 2.45) is 11.7 Å². The minimum absolute atomic E-state index is 0.0781. The molecule has 0 aliphatic heterocycles. The minimum atomic E-state index is -0.0781. The zero-order valence-corrected chi connectivity index (χ0v) is 11.7. The predicted octanol–water partition coefficient (Wildman–Crippen LogP) is 2.56. The lowest BCUT2D eigenvalue weighted by Gasteiger charge is -2.27. The Morgan fingerprint density at radius 1 is 1.53 bits per heavy atom. The van der Waals surface area contributed by atoms with E-state index in [4.69, 9.17) is 16.9 Å². The molecular formula is C16H22N2O. The second-order valence-corrected chi connectivity index (χ2v) is 5.21. The molecule has 102 valence electrons. The molecule has 1 atom stereocenters. The van der Waals surface area contributed by atoms with Gasteiger partial charge in [-0.3, -0.25) is 0 Å². The van der Waals surface area contributed by atoms with Crippen molar-refractivity contribution in [3.63, 3.8) is 0 Å². The van der Waals surface area contributed by atoms with E-state index in [2.05, 4.69) is 16.9 Å². The maximum atomic E-state index is 6.11. The highest BCUT2D eigenvalue weighted by Gasteiger charge is 2.26. The molecule has 0 heterocycles. The summed E-state index contributed by atoms with van der Waals surface area (Å²) >= 11 is 0. The van der Waals surface area contributed by atoms with Crippen LogP contribution in [-0.2, 0) is 0 Å². The van der Waals surface area contributed by atoms with E-state index in [0.717, 1.165) is 29.5 Å². The van der Waals surface area contributed by atoms with Gasteiger partial charge in [-0.25, -0.2) is 0 Å². The standard InChI is InChI=1S/C16H22N2O/c1-4-10-18(11-13-8-9-13)14-6-5-7-15(19-3)16(14)12(2)17/h1,5-7,12-13H,8-11,17H2,2-3H3/t12-/m0/s1. The monoisotopic (exact) mass is 258 g/mol. The highest BCUT2D eigenvalue weighted by Crippen LogP contribution is 2.36.